The van der Waals surface area contributed by atoms with Crippen LogP contribution < -0.4 is 10.1 Å². The highest BCUT2D eigenvalue weighted by Gasteiger charge is 2.22. The maximum atomic E-state index is 12.3. The molecule has 0 atom stereocenters. The number of nitrogens with one attached hydrogen (secondary N) is 1. The van der Waals surface area contributed by atoms with Gasteiger partial charge in [-0.05, 0) is 31.9 Å². The number of carbonyl (C=O) groups excluding carboxylic acids is 1. The molecule has 0 heterocycles. The molecule has 0 aliphatic carbocycles. The number of ether oxygens (including phenoxy) is 1. The molecule has 1 aromatic carbocycles. The Morgan fingerprint density at radius 3 is 2.63 bits per heavy atom. The first-order valence-electron chi connectivity index (χ1n) is 6.54. The lowest BCUT2D eigenvalue weighted by atomic mass is 10.0. The van der Waals surface area contributed by atoms with Gasteiger partial charge in [-0.3, -0.25) is 4.79 Å². The number of hydrogen-bond acceptors (Lipinski definition) is 3. The zero-order chi connectivity index (χ0) is 14.5. The number of para-hydroxylation sites is 1. The summed E-state index contributed by atoms with van der Waals surface area (Å²) in [5.41, 5.74) is 0.887. The predicted molar refractivity (Wildman–Crippen MR) is 75.6 cm³/mol. The van der Waals surface area contributed by atoms with Gasteiger partial charge in [-0.1, -0.05) is 25.5 Å². The van der Waals surface area contributed by atoms with Crippen molar-refractivity contribution in [3.05, 3.63) is 29.3 Å². The SMILES string of the molecule is CCCc1cccc(C(=O)NC(C)(C)CO)c1OC. The molecular formula is C15H23NO3. The molecule has 0 aliphatic rings. The fraction of sp³-hybridized carbons (Fsp3) is 0.533. The summed E-state index contributed by atoms with van der Waals surface area (Å²) in [6.45, 7) is 5.51. The van der Waals surface area contributed by atoms with Gasteiger partial charge in [-0.15, -0.1) is 0 Å². The lowest BCUT2D eigenvalue weighted by molar-refractivity contribution is 0.0866. The van der Waals surface area contributed by atoms with Gasteiger partial charge in [0.1, 0.15) is 5.75 Å². The van der Waals surface area contributed by atoms with Gasteiger partial charge in [-0.2, -0.15) is 0 Å². The van der Waals surface area contributed by atoms with Crippen LogP contribution in [0.2, 0.25) is 0 Å². The summed E-state index contributed by atoms with van der Waals surface area (Å²) < 4.78 is 5.37. The molecule has 1 amide bonds. The van der Waals surface area contributed by atoms with E-state index in [1.807, 2.05) is 12.1 Å². The summed E-state index contributed by atoms with van der Waals surface area (Å²) in [5.74, 6) is 0.393. The third-order valence-corrected chi connectivity index (χ3v) is 2.91. The molecule has 1 rings (SSSR count). The average Bonchev–Trinajstić information content (AvgIpc) is 2.38. The van der Waals surface area contributed by atoms with Gasteiger partial charge in [0, 0.05) is 0 Å². The quantitative estimate of drug-likeness (QED) is 0.828. The Hall–Kier alpha value is -1.55. The van der Waals surface area contributed by atoms with E-state index in [0.717, 1.165) is 18.4 Å². The second-order valence-electron chi connectivity index (χ2n) is 5.24. The van der Waals surface area contributed by atoms with E-state index in [1.54, 1.807) is 27.0 Å². The molecule has 2 N–H and O–H groups in total. The molecule has 4 nitrogen and oxygen atoms in total. The highest BCUT2D eigenvalue weighted by Crippen LogP contribution is 2.25. The Balaban J connectivity index is 3.06. The van der Waals surface area contributed by atoms with Crippen molar-refractivity contribution in [2.45, 2.75) is 39.2 Å². The minimum Gasteiger partial charge on any atom is -0.496 e. The molecule has 0 saturated carbocycles. The highest BCUT2D eigenvalue weighted by atomic mass is 16.5. The van der Waals surface area contributed by atoms with E-state index in [1.165, 1.54) is 0 Å². The number of methoxy groups -OCH3 is 1. The van der Waals surface area contributed by atoms with Crippen molar-refractivity contribution in [1.29, 1.82) is 0 Å². The molecule has 0 unspecified atom stereocenters. The Morgan fingerprint density at radius 2 is 2.11 bits per heavy atom. The number of benzene rings is 1. The van der Waals surface area contributed by atoms with Gasteiger partial charge in [-0.25, -0.2) is 0 Å². The van der Waals surface area contributed by atoms with Crippen molar-refractivity contribution in [1.82, 2.24) is 5.32 Å². The minimum absolute atomic E-state index is 0.115. The first kappa shape index (κ1) is 15.5. The summed E-state index contributed by atoms with van der Waals surface area (Å²) in [6, 6.07) is 5.56. The minimum atomic E-state index is -0.650. The zero-order valence-electron chi connectivity index (χ0n) is 12.1. The summed E-state index contributed by atoms with van der Waals surface area (Å²) in [5, 5.41) is 12.0. The molecule has 0 saturated heterocycles. The van der Waals surface area contributed by atoms with Crippen LogP contribution in [0.3, 0.4) is 0 Å². The second kappa shape index (κ2) is 6.57. The maximum Gasteiger partial charge on any atom is 0.255 e. The smallest absolute Gasteiger partial charge is 0.255 e. The molecule has 0 fully saturated rings. The number of aliphatic hydroxyl groups excluding tert-OH is 1. The van der Waals surface area contributed by atoms with Crippen molar-refractivity contribution >= 4 is 5.91 Å². The molecule has 0 aromatic heterocycles. The van der Waals surface area contributed by atoms with Crippen LogP contribution in [-0.2, 0) is 6.42 Å². The fourth-order valence-corrected chi connectivity index (χ4v) is 1.89. The molecule has 4 heteroatoms. The van der Waals surface area contributed by atoms with Gasteiger partial charge in [0.2, 0.25) is 0 Å². The first-order valence-corrected chi connectivity index (χ1v) is 6.54. The topological polar surface area (TPSA) is 58.6 Å². The molecule has 106 valence electrons. The molecule has 19 heavy (non-hydrogen) atoms. The Bertz CT molecular complexity index is 441. The predicted octanol–water partition coefficient (Wildman–Crippen LogP) is 2.15. The lowest BCUT2D eigenvalue weighted by Crippen LogP contribution is -2.46. The number of carbonyl (C=O) groups is 1. The van der Waals surface area contributed by atoms with E-state index in [2.05, 4.69) is 12.2 Å². The molecule has 1 aromatic rings. The van der Waals surface area contributed by atoms with E-state index in [-0.39, 0.29) is 12.5 Å². The van der Waals surface area contributed by atoms with Gasteiger partial charge >= 0.3 is 0 Å². The van der Waals surface area contributed by atoms with Crippen molar-refractivity contribution in [2.24, 2.45) is 0 Å². The van der Waals surface area contributed by atoms with E-state index < -0.39 is 5.54 Å². The standard InChI is InChI=1S/C15H23NO3/c1-5-7-11-8-6-9-12(13(11)19-4)14(18)16-15(2,3)10-17/h6,8-9,17H,5,7,10H2,1-4H3,(H,16,18). The van der Waals surface area contributed by atoms with Crippen molar-refractivity contribution in [2.75, 3.05) is 13.7 Å². The molecule has 0 aliphatic heterocycles. The largest absolute Gasteiger partial charge is 0.496 e. The van der Waals surface area contributed by atoms with Crippen LogP contribution in [0.1, 0.15) is 43.1 Å². The first-order chi connectivity index (χ1) is 8.95. The van der Waals surface area contributed by atoms with Crippen LogP contribution >= 0.6 is 0 Å². The third kappa shape index (κ3) is 3.96. The van der Waals surface area contributed by atoms with E-state index >= 15 is 0 Å². The van der Waals surface area contributed by atoms with Crippen LogP contribution in [0.4, 0.5) is 0 Å². The summed E-state index contributed by atoms with van der Waals surface area (Å²) in [4.78, 5) is 12.3. The van der Waals surface area contributed by atoms with E-state index in [4.69, 9.17) is 4.74 Å². The summed E-state index contributed by atoms with van der Waals surface area (Å²) in [7, 11) is 1.57. The average molecular weight is 265 g/mol. The second-order valence-corrected chi connectivity index (χ2v) is 5.24. The van der Waals surface area contributed by atoms with Gasteiger partial charge in [0.05, 0.1) is 24.8 Å². The normalized spacial score (nSPS) is 11.2. The third-order valence-electron chi connectivity index (χ3n) is 2.91. The summed E-state index contributed by atoms with van der Waals surface area (Å²) in [6.07, 6.45) is 1.86. The van der Waals surface area contributed by atoms with E-state index in [0.29, 0.717) is 11.3 Å². The van der Waals surface area contributed by atoms with E-state index in [9.17, 15) is 9.90 Å². The zero-order valence-corrected chi connectivity index (χ0v) is 12.1. The molecule has 0 radical (unpaired) electrons. The summed E-state index contributed by atoms with van der Waals surface area (Å²) >= 11 is 0. The molecule has 0 bridgehead atoms. The highest BCUT2D eigenvalue weighted by molar-refractivity contribution is 5.97. The monoisotopic (exact) mass is 265 g/mol. The van der Waals surface area contributed by atoms with Gasteiger partial charge < -0.3 is 15.2 Å². The van der Waals surface area contributed by atoms with Crippen LogP contribution in [0.5, 0.6) is 5.75 Å². The Morgan fingerprint density at radius 1 is 1.42 bits per heavy atom. The fourth-order valence-electron chi connectivity index (χ4n) is 1.89. The lowest BCUT2D eigenvalue weighted by Gasteiger charge is -2.24. The Kier molecular flexibility index (Phi) is 5.36. The van der Waals surface area contributed by atoms with Crippen LogP contribution in [0.25, 0.3) is 0 Å². The number of aliphatic hydroxyl groups is 1. The molecule has 0 spiro atoms. The number of rotatable bonds is 6. The van der Waals surface area contributed by atoms with Gasteiger partial charge in [0.25, 0.3) is 5.91 Å². The van der Waals surface area contributed by atoms with Crippen LogP contribution in [0.15, 0.2) is 18.2 Å². The van der Waals surface area contributed by atoms with Crippen molar-refractivity contribution in [3.63, 3.8) is 0 Å². The van der Waals surface area contributed by atoms with Crippen LogP contribution in [0, 0.1) is 0 Å². The van der Waals surface area contributed by atoms with Gasteiger partial charge in [0.15, 0.2) is 0 Å². The maximum absolute atomic E-state index is 12.3. The van der Waals surface area contributed by atoms with Crippen molar-refractivity contribution < 1.29 is 14.6 Å². The number of amides is 1. The number of aryl methyl sites for hydroxylation is 1. The number of hydrogen-bond donors (Lipinski definition) is 2. The van der Waals surface area contributed by atoms with Crippen molar-refractivity contribution in [3.8, 4) is 5.75 Å². The Labute approximate surface area is 114 Å². The van der Waals surface area contributed by atoms with Crippen LogP contribution in [-0.4, -0.2) is 30.3 Å². The molecular weight excluding hydrogens is 242 g/mol.